The number of methoxy groups -OCH3 is 1. The summed E-state index contributed by atoms with van der Waals surface area (Å²) in [5.41, 5.74) is 1.07. The number of carbonyl (C=O) groups is 2. The maximum Gasteiger partial charge on any atom is 0.414 e. The molecule has 2 N–H and O–H groups in total. The van der Waals surface area contributed by atoms with Crippen molar-refractivity contribution in [3.63, 3.8) is 0 Å². The quantitative estimate of drug-likeness (QED) is 0.756. The highest BCUT2D eigenvalue weighted by Crippen LogP contribution is 2.35. The fraction of sp³-hybridized carbons (Fsp3) is 0.364. The van der Waals surface area contributed by atoms with Gasteiger partial charge < -0.3 is 28.8 Å². The summed E-state index contributed by atoms with van der Waals surface area (Å²) in [4.78, 5) is 24.7. The van der Waals surface area contributed by atoms with Gasteiger partial charge >= 0.3 is 6.09 Å². The fourth-order valence-electron chi connectivity index (χ4n) is 3.58. The van der Waals surface area contributed by atoms with Crippen molar-refractivity contribution in [2.24, 2.45) is 0 Å². The fourth-order valence-corrected chi connectivity index (χ4v) is 3.58. The summed E-state index contributed by atoms with van der Waals surface area (Å²) in [5.74, 6) is -0.623. The molecular formula is C22H23NO8. The molecule has 2 fully saturated rings. The van der Waals surface area contributed by atoms with E-state index in [1.165, 1.54) is 7.11 Å². The van der Waals surface area contributed by atoms with E-state index in [0.29, 0.717) is 5.56 Å². The topological polar surface area (TPSA) is 113 Å². The molecule has 0 aliphatic carbocycles. The number of alkyl carbamates (subject to hydrolysis) is 1. The number of imide groups is 1. The second-order valence-electron chi connectivity index (χ2n) is 7.14. The van der Waals surface area contributed by atoms with Crippen LogP contribution in [0, 0.1) is 0 Å². The highest BCUT2D eigenvalue weighted by Gasteiger charge is 2.51. The SMILES string of the molecule is CO[C@@H]1O[C@@H]2CO[C@H](c3ccccc3)O[C@@H]2[C@H](OC(=O)NC(=O)c2ccccc2)[C@@H]1O. The van der Waals surface area contributed by atoms with Crippen molar-refractivity contribution >= 4 is 12.0 Å². The third-order valence-electron chi connectivity index (χ3n) is 5.11. The molecular weight excluding hydrogens is 406 g/mol. The Labute approximate surface area is 178 Å². The summed E-state index contributed by atoms with van der Waals surface area (Å²) in [7, 11) is 1.36. The van der Waals surface area contributed by atoms with Gasteiger partial charge in [-0.25, -0.2) is 4.79 Å². The minimum atomic E-state index is -1.33. The van der Waals surface area contributed by atoms with Crippen LogP contribution in [0.5, 0.6) is 0 Å². The monoisotopic (exact) mass is 429 g/mol. The van der Waals surface area contributed by atoms with Gasteiger partial charge in [0, 0.05) is 18.2 Å². The lowest BCUT2D eigenvalue weighted by Crippen LogP contribution is -2.63. The molecule has 2 heterocycles. The predicted octanol–water partition coefficient (Wildman–Crippen LogP) is 1.77. The zero-order valence-corrected chi connectivity index (χ0v) is 16.7. The van der Waals surface area contributed by atoms with Gasteiger partial charge in [-0.2, -0.15) is 0 Å². The molecule has 0 saturated carbocycles. The Morgan fingerprint density at radius 3 is 2.39 bits per heavy atom. The molecule has 6 atom stereocenters. The Bertz CT molecular complexity index is 893. The Morgan fingerprint density at radius 2 is 1.71 bits per heavy atom. The summed E-state index contributed by atoms with van der Waals surface area (Å²) in [6.07, 6.45) is -6.75. The van der Waals surface area contributed by atoms with Gasteiger partial charge in [0.05, 0.1) is 6.61 Å². The summed E-state index contributed by atoms with van der Waals surface area (Å²) in [5, 5.41) is 12.8. The lowest BCUT2D eigenvalue weighted by atomic mass is 9.97. The van der Waals surface area contributed by atoms with Crippen LogP contribution in [0.15, 0.2) is 60.7 Å². The molecule has 164 valence electrons. The lowest BCUT2D eigenvalue weighted by Gasteiger charge is -2.46. The molecule has 9 nitrogen and oxygen atoms in total. The van der Waals surface area contributed by atoms with Crippen LogP contribution in [0.4, 0.5) is 4.79 Å². The number of nitrogens with one attached hydrogen (secondary N) is 1. The minimum Gasteiger partial charge on any atom is -0.440 e. The van der Waals surface area contributed by atoms with Crippen molar-refractivity contribution in [1.82, 2.24) is 5.32 Å². The summed E-state index contributed by atoms with van der Waals surface area (Å²) >= 11 is 0. The highest BCUT2D eigenvalue weighted by atomic mass is 16.8. The Balaban J connectivity index is 1.48. The van der Waals surface area contributed by atoms with Crippen molar-refractivity contribution in [2.45, 2.75) is 37.0 Å². The van der Waals surface area contributed by atoms with E-state index in [1.54, 1.807) is 30.3 Å². The van der Waals surface area contributed by atoms with Gasteiger partial charge in [0.15, 0.2) is 18.7 Å². The van der Waals surface area contributed by atoms with E-state index in [9.17, 15) is 14.7 Å². The van der Waals surface area contributed by atoms with Crippen LogP contribution in [0.2, 0.25) is 0 Å². The zero-order chi connectivity index (χ0) is 21.8. The zero-order valence-electron chi connectivity index (χ0n) is 16.7. The van der Waals surface area contributed by atoms with E-state index < -0.39 is 49.0 Å². The smallest absolute Gasteiger partial charge is 0.414 e. The number of ether oxygens (including phenoxy) is 5. The molecule has 2 aromatic rings. The first-order valence-corrected chi connectivity index (χ1v) is 9.82. The van der Waals surface area contributed by atoms with Gasteiger partial charge in [0.25, 0.3) is 5.91 Å². The summed E-state index contributed by atoms with van der Waals surface area (Å²) in [6, 6.07) is 17.5. The van der Waals surface area contributed by atoms with Crippen molar-refractivity contribution in [1.29, 1.82) is 0 Å². The van der Waals surface area contributed by atoms with Crippen LogP contribution in [0.25, 0.3) is 0 Å². The number of aliphatic hydroxyl groups is 1. The van der Waals surface area contributed by atoms with Gasteiger partial charge in [0.2, 0.25) is 0 Å². The maximum absolute atomic E-state index is 12.4. The van der Waals surface area contributed by atoms with E-state index in [2.05, 4.69) is 5.32 Å². The Kier molecular flexibility index (Phi) is 6.59. The molecule has 0 unspecified atom stereocenters. The number of amides is 2. The normalized spacial score (nSPS) is 30.1. The molecule has 0 aromatic heterocycles. The van der Waals surface area contributed by atoms with Crippen LogP contribution >= 0.6 is 0 Å². The molecule has 2 amide bonds. The number of rotatable bonds is 4. The van der Waals surface area contributed by atoms with Crippen molar-refractivity contribution < 1.29 is 38.4 Å². The van der Waals surface area contributed by atoms with Crippen LogP contribution in [0.1, 0.15) is 22.2 Å². The third kappa shape index (κ3) is 4.76. The van der Waals surface area contributed by atoms with Crippen LogP contribution in [0.3, 0.4) is 0 Å². The van der Waals surface area contributed by atoms with E-state index >= 15 is 0 Å². The average Bonchev–Trinajstić information content (AvgIpc) is 2.81. The summed E-state index contributed by atoms with van der Waals surface area (Å²) in [6.45, 7) is 0.140. The van der Waals surface area contributed by atoms with E-state index in [0.717, 1.165) is 5.56 Å². The Hall–Kier alpha value is -2.82. The number of hydrogen-bond acceptors (Lipinski definition) is 8. The number of aliphatic hydroxyl groups excluding tert-OH is 1. The first kappa shape index (κ1) is 21.4. The first-order valence-electron chi connectivity index (χ1n) is 9.82. The van der Waals surface area contributed by atoms with Crippen LogP contribution in [-0.2, 0) is 23.7 Å². The number of fused-ring (bicyclic) bond motifs is 1. The molecule has 0 bridgehead atoms. The van der Waals surface area contributed by atoms with Gasteiger partial charge in [-0.3, -0.25) is 10.1 Å². The second kappa shape index (κ2) is 9.54. The first-order chi connectivity index (χ1) is 15.1. The summed E-state index contributed by atoms with van der Waals surface area (Å²) < 4.78 is 28.0. The van der Waals surface area contributed by atoms with Gasteiger partial charge in [-0.1, -0.05) is 48.5 Å². The van der Waals surface area contributed by atoms with Crippen LogP contribution in [-0.4, -0.2) is 61.5 Å². The second-order valence-corrected chi connectivity index (χ2v) is 7.14. The number of hydrogen-bond donors (Lipinski definition) is 2. The molecule has 0 radical (unpaired) electrons. The minimum absolute atomic E-state index is 0.140. The van der Waals surface area contributed by atoms with Crippen molar-refractivity contribution in [3.8, 4) is 0 Å². The molecule has 4 rings (SSSR count). The van der Waals surface area contributed by atoms with Gasteiger partial charge in [0.1, 0.15) is 18.3 Å². The molecule has 9 heteroatoms. The molecule has 2 aliphatic heterocycles. The van der Waals surface area contributed by atoms with Gasteiger partial charge in [-0.15, -0.1) is 0 Å². The third-order valence-corrected chi connectivity index (χ3v) is 5.11. The molecule has 2 aliphatic rings. The number of benzene rings is 2. The molecule has 0 spiro atoms. The largest absolute Gasteiger partial charge is 0.440 e. The molecule has 2 saturated heterocycles. The van der Waals surface area contributed by atoms with E-state index in [4.69, 9.17) is 23.7 Å². The van der Waals surface area contributed by atoms with Gasteiger partial charge in [-0.05, 0) is 12.1 Å². The number of carbonyl (C=O) groups excluding carboxylic acids is 2. The standard InChI is InChI=1S/C22H23NO8/c1-27-21-16(24)18(31-22(26)23-19(25)13-8-4-2-5-9-13)17-15(29-21)12-28-20(30-17)14-10-6-3-7-11-14/h2-11,15-18,20-21,24H,12H2,1H3,(H,23,25,26)/t15-,16+,17+,18-,20+,21-/m1/s1. The predicted molar refractivity (Wildman–Crippen MR) is 106 cm³/mol. The maximum atomic E-state index is 12.4. The Morgan fingerprint density at radius 1 is 1.03 bits per heavy atom. The molecule has 31 heavy (non-hydrogen) atoms. The van der Waals surface area contributed by atoms with E-state index in [1.807, 2.05) is 30.3 Å². The van der Waals surface area contributed by atoms with Crippen molar-refractivity contribution in [3.05, 3.63) is 71.8 Å². The highest BCUT2D eigenvalue weighted by molar-refractivity contribution is 6.02. The van der Waals surface area contributed by atoms with E-state index in [-0.39, 0.29) is 6.61 Å². The molecule has 2 aromatic carbocycles. The van der Waals surface area contributed by atoms with Crippen LogP contribution < -0.4 is 5.32 Å². The van der Waals surface area contributed by atoms with Crippen molar-refractivity contribution in [2.75, 3.05) is 13.7 Å². The lowest BCUT2D eigenvalue weighted by molar-refractivity contribution is -0.357. The average molecular weight is 429 g/mol.